The number of hydrogen-bond acceptors (Lipinski definition) is 5. The minimum atomic E-state index is 0.00194. The Morgan fingerprint density at radius 3 is 2.72 bits per heavy atom. The number of hydrogen-bond donors (Lipinski definition) is 0. The Hall–Kier alpha value is -1.98. The van der Waals surface area contributed by atoms with Crippen LogP contribution in [0.1, 0.15) is 23.6 Å². The molecule has 0 aromatic heterocycles. The van der Waals surface area contributed by atoms with E-state index in [1.54, 1.807) is 11.8 Å². The highest BCUT2D eigenvalue weighted by Crippen LogP contribution is 2.33. The van der Waals surface area contributed by atoms with E-state index in [4.69, 9.17) is 4.74 Å². The van der Waals surface area contributed by atoms with Gasteiger partial charge in [-0.25, -0.2) is 4.99 Å². The van der Waals surface area contributed by atoms with E-state index in [-0.39, 0.29) is 5.12 Å². The summed E-state index contributed by atoms with van der Waals surface area (Å²) in [4.78, 5) is 16.7. The van der Waals surface area contributed by atoms with Crippen LogP contribution in [0, 0.1) is 6.92 Å². The molecule has 0 radical (unpaired) electrons. The van der Waals surface area contributed by atoms with Crippen LogP contribution in [0.25, 0.3) is 6.08 Å². The molecule has 0 N–H and O–H groups in total. The highest BCUT2D eigenvalue weighted by atomic mass is 32.2. The molecule has 0 spiro atoms. The van der Waals surface area contributed by atoms with Crippen LogP contribution in [0.5, 0.6) is 5.75 Å². The Kier molecular flexibility index (Phi) is 6.00. The van der Waals surface area contributed by atoms with Crippen LogP contribution in [-0.4, -0.2) is 16.1 Å². The fourth-order valence-corrected chi connectivity index (χ4v) is 4.21. The van der Waals surface area contributed by atoms with E-state index < -0.39 is 0 Å². The van der Waals surface area contributed by atoms with Crippen LogP contribution in [0.3, 0.4) is 0 Å². The van der Waals surface area contributed by atoms with Crippen molar-refractivity contribution in [3.63, 3.8) is 0 Å². The van der Waals surface area contributed by atoms with Crippen LogP contribution in [-0.2, 0) is 10.5 Å². The Balaban J connectivity index is 1.71. The molecule has 3 nitrogen and oxygen atoms in total. The third kappa shape index (κ3) is 4.77. The van der Waals surface area contributed by atoms with Gasteiger partial charge in [0.15, 0.2) is 0 Å². The van der Waals surface area contributed by atoms with E-state index in [2.05, 4.69) is 17.1 Å². The number of rotatable bonds is 5. The largest absolute Gasteiger partial charge is 0.494 e. The minimum absolute atomic E-state index is 0.00194. The molecular weight excluding hydrogens is 350 g/mol. The summed E-state index contributed by atoms with van der Waals surface area (Å²) in [5, 5.41) is 0.00194. The third-order valence-electron chi connectivity index (χ3n) is 3.61. The lowest BCUT2D eigenvalue weighted by Gasteiger charge is -2.07. The number of benzene rings is 2. The predicted molar refractivity (Wildman–Crippen MR) is 108 cm³/mol. The number of thioether (sulfide) groups is 2. The lowest BCUT2D eigenvalue weighted by atomic mass is 10.1. The normalized spacial score (nSPS) is 15.5. The summed E-state index contributed by atoms with van der Waals surface area (Å²) < 4.78 is 6.36. The van der Waals surface area contributed by atoms with E-state index in [9.17, 15) is 4.79 Å². The van der Waals surface area contributed by atoms with Gasteiger partial charge in [-0.15, -0.1) is 0 Å². The molecule has 0 fully saturated rings. The van der Waals surface area contributed by atoms with Gasteiger partial charge in [0, 0.05) is 5.75 Å². The molecule has 0 bridgehead atoms. The van der Waals surface area contributed by atoms with Crippen LogP contribution in [0.15, 0.2) is 59.2 Å². The van der Waals surface area contributed by atoms with Crippen LogP contribution in [0.4, 0.5) is 0 Å². The molecular formula is C20H19NO2S2. The van der Waals surface area contributed by atoms with Crippen molar-refractivity contribution in [2.24, 2.45) is 4.99 Å². The molecule has 3 rings (SSSR count). The average Bonchev–Trinajstić information content (AvgIpc) is 2.96. The second-order valence-electron chi connectivity index (χ2n) is 5.53. The fourth-order valence-electron chi connectivity index (χ4n) is 2.41. The quantitative estimate of drug-likeness (QED) is 0.671. The van der Waals surface area contributed by atoms with Gasteiger partial charge in [-0.3, -0.25) is 4.79 Å². The van der Waals surface area contributed by atoms with Gasteiger partial charge in [-0.1, -0.05) is 48.2 Å². The number of carbonyl (C=O) groups excluding carboxylic acids is 1. The van der Waals surface area contributed by atoms with Crippen LogP contribution >= 0.6 is 23.5 Å². The summed E-state index contributed by atoms with van der Waals surface area (Å²) in [5.74, 6) is 1.69. The summed E-state index contributed by atoms with van der Waals surface area (Å²) in [7, 11) is 0. The van der Waals surface area contributed by atoms with Gasteiger partial charge < -0.3 is 4.74 Å². The van der Waals surface area contributed by atoms with Crippen LogP contribution in [0.2, 0.25) is 0 Å². The maximum absolute atomic E-state index is 12.2. The SMILES string of the molecule is CCOc1ccc(/C=C2/N=C(SCc3ccccc3)SC2=O)cc1C. The second-order valence-corrected chi connectivity index (χ2v) is 7.71. The van der Waals surface area contributed by atoms with Crippen molar-refractivity contribution < 1.29 is 9.53 Å². The van der Waals surface area contributed by atoms with Crippen molar-refractivity contribution in [3.8, 4) is 5.75 Å². The summed E-state index contributed by atoms with van der Waals surface area (Å²) in [6, 6.07) is 16.1. The number of nitrogens with zero attached hydrogens (tertiary/aromatic N) is 1. The van der Waals surface area contributed by atoms with E-state index >= 15 is 0 Å². The molecule has 25 heavy (non-hydrogen) atoms. The zero-order chi connectivity index (χ0) is 17.6. The molecule has 0 unspecified atom stereocenters. The lowest BCUT2D eigenvalue weighted by Crippen LogP contribution is -1.94. The summed E-state index contributed by atoms with van der Waals surface area (Å²) in [5.41, 5.74) is 3.74. The summed E-state index contributed by atoms with van der Waals surface area (Å²) in [6.07, 6.45) is 1.84. The number of aryl methyl sites for hydroxylation is 1. The van der Waals surface area contributed by atoms with Gasteiger partial charge in [-0.05, 0) is 60.5 Å². The van der Waals surface area contributed by atoms with Gasteiger partial charge in [0.25, 0.3) is 0 Å². The highest BCUT2D eigenvalue weighted by Gasteiger charge is 2.22. The topological polar surface area (TPSA) is 38.7 Å². The van der Waals surface area contributed by atoms with Gasteiger partial charge in [-0.2, -0.15) is 0 Å². The third-order valence-corrected chi connectivity index (χ3v) is 5.69. The molecule has 2 aromatic carbocycles. The van der Waals surface area contributed by atoms with E-state index in [1.165, 1.54) is 17.3 Å². The first kappa shape index (κ1) is 17.8. The molecule has 0 saturated heterocycles. The molecule has 0 amide bonds. The van der Waals surface area contributed by atoms with E-state index in [1.807, 2.05) is 56.3 Å². The first-order valence-corrected chi connectivity index (χ1v) is 9.88. The zero-order valence-corrected chi connectivity index (χ0v) is 15.8. The molecule has 0 aliphatic carbocycles. The molecule has 1 aliphatic rings. The maximum atomic E-state index is 12.2. The monoisotopic (exact) mass is 369 g/mol. The Morgan fingerprint density at radius 1 is 1.20 bits per heavy atom. The number of ether oxygens (including phenoxy) is 1. The van der Waals surface area contributed by atoms with Crippen molar-refractivity contribution in [2.45, 2.75) is 19.6 Å². The van der Waals surface area contributed by atoms with Crippen LogP contribution < -0.4 is 4.74 Å². The molecule has 5 heteroatoms. The summed E-state index contributed by atoms with van der Waals surface area (Å²) in [6.45, 7) is 4.61. The predicted octanol–water partition coefficient (Wildman–Crippen LogP) is 5.30. The van der Waals surface area contributed by atoms with Crippen molar-refractivity contribution in [1.82, 2.24) is 0 Å². The molecule has 2 aromatic rings. The maximum Gasteiger partial charge on any atom is 0.244 e. The standard InChI is InChI=1S/C20H19NO2S2/c1-3-23-18-10-9-16(11-14(18)2)12-17-19(22)25-20(21-17)24-13-15-7-5-4-6-8-15/h4-12H,3,13H2,1-2H3/b17-12+. The van der Waals surface area contributed by atoms with E-state index in [0.29, 0.717) is 12.3 Å². The second kappa shape index (κ2) is 8.41. The Bertz CT molecular complexity index is 829. The van der Waals surface area contributed by atoms with Crippen molar-refractivity contribution in [2.75, 3.05) is 6.61 Å². The molecule has 1 aliphatic heterocycles. The smallest absolute Gasteiger partial charge is 0.244 e. The summed E-state index contributed by atoms with van der Waals surface area (Å²) >= 11 is 2.81. The van der Waals surface area contributed by atoms with Gasteiger partial charge in [0.05, 0.1) is 6.61 Å². The fraction of sp³-hybridized carbons (Fsp3) is 0.200. The van der Waals surface area contributed by atoms with Gasteiger partial charge in [0.1, 0.15) is 15.8 Å². The zero-order valence-electron chi connectivity index (χ0n) is 14.2. The Morgan fingerprint density at radius 2 is 2.00 bits per heavy atom. The average molecular weight is 370 g/mol. The highest BCUT2D eigenvalue weighted by molar-refractivity contribution is 8.45. The molecule has 0 atom stereocenters. The van der Waals surface area contributed by atoms with Gasteiger partial charge >= 0.3 is 0 Å². The first-order chi connectivity index (χ1) is 12.2. The Labute approximate surface area is 156 Å². The molecule has 0 saturated carbocycles. The van der Waals surface area contributed by atoms with Gasteiger partial charge in [0.2, 0.25) is 5.12 Å². The van der Waals surface area contributed by atoms with Crippen molar-refractivity contribution in [3.05, 3.63) is 70.9 Å². The number of aliphatic imine (C=N–C) groups is 1. The van der Waals surface area contributed by atoms with Crippen molar-refractivity contribution >= 4 is 39.1 Å². The number of carbonyl (C=O) groups is 1. The van der Waals surface area contributed by atoms with E-state index in [0.717, 1.165) is 27.0 Å². The first-order valence-electron chi connectivity index (χ1n) is 8.08. The lowest BCUT2D eigenvalue weighted by molar-refractivity contribution is -0.107. The van der Waals surface area contributed by atoms with Crippen molar-refractivity contribution in [1.29, 1.82) is 0 Å². The molecule has 1 heterocycles. The minimum Gasteiger partial charge on any atom is -0.494 e. The molecule has 128 valence electrons.